The summed E-state index contributed by atoms with van der Waals surface area (Å²) >= 11 is 1.72. The van der Waals surface area contributed by atoms with E-state index in [2.05, 4.69) is 12.2 Å². The van der Waals surface area contributed by atoms with Crippen LogP contribution in [0.5, 0.6) is 11.5 Å². The number of hydrogen-bond acceptors (Lipinski definition) is 5. The quantitative estimate of drug-likeness (QED) is 0.834. The van der Waals surface area contributed by atoms with Gasteiger partial charge in [0.15, 0.2) is 11.5 Å². The Hall–Kier alpha value is -1.40. The highest BCUT2D eigenvalue weighted by Gasteiger charge is 2.39. The topological polar surface area (TPSA) is 50.8 Å². The lowest BCUT2D eigenvalue weighted by Gasteiger charge is -2.24. The van der Waals surface area contributed by atoms with E-state index in [1.54, 1.807) is 26.0 Å². The second-order valence-electron chi connectivity index (χ2n) is 5.13. The van der Waals surface area contributed by atoms with Crippen LogP contribution in [0.25, 0.3) is 0 Å². The van der Waals surface area contributed by atoms with E-state index >= 15 is 0 Å². The van der Waals surface area contributed by atoms with Gasteiger partial charge in [0, 0.05) is 13.1 Å². The molecular weight excluding hydrogens is 300 g/mol. The molecular formula is C16H24N2O3S. The highest BCUT2D eigenvalue weighted by atomic mass is 32.2. The average molecular weight is 324 g/mol. The van der Waals surface area contributed by atoms with E-state index in [4.69, 9.17) is 9.47 Å². The van der Waals surface area contributed by atoms with Crippen LogP contribution in [-0.2, 0) is 4.79 Å². The third-order valence-electron chi connectivity index (χ3n) is 3.80. The van der Waals surface area contributed by atoms with Gasteiger partial charge in [-0.25, -0.2) is 0 Å². The number of benzene rings is 1. The summed E-state index contributed by atoms with van der Waals surface area (Å²) in [4.78, 5) is 14.5. The molecule has 0 saturated carbocycles. The number of thioether (sulfide) groups is 1. The van der Waals surface area contributed by atoms with E-state index in [1.165, 1.54) is 0 Å². The van der Waals surface area contributed by atoms with Crippen LogP contribution in [0.2, 0.25) is 0 Å². The smallest absolute Gasteiger partial charge is 0.236 e. The number of rotatable bonds is 7. The molecule has 5 nitrogen and oxygen atoms in total. The van der Waals surface area contributed by atoms with Crippen molar-refractivity contribution in [2.24, 2.45) is 0 Å². The third kappa shape index (κ3) is 3.33. The van der Waals surface area contributed by atoms with E-state index in [-0.39, 0.29) is 16.5 Å². The number of nitrogens with one attached hydrogen (secondary N) is 1. The van der Waals surface area contributed by atoms with Crippen molar-refractivity contribution in [2.75, 3.05) is 34.4 Å². The summed E-state index contributed by atoms with van der Waals surface area (Å²) in [6.45, 7) is 3.55. The van der Waals surface area contributed by atoms with Gasteiger partial charge in [-0.05, 0) is 31.2 Å². The fourth-order valence-corrected chi connectivity index (χ4v) is 4.00. The molecule has 1 aromatic rings. The van der Waals surface area contributed by atoms with E-state index < -0.39 is 0 Å². The van der Waals surface area contributed by atoms with Crippen LogP contribution in [-0.4, -0.2) is 50.4 Å². The number of carbonyl (C=O) groups excluding carboxylic acids is 1. The fourth-order valence-electron chi connectivity index (χ4n) is 2.58. The van der Waals surface area contributed by atoms with Crippen molar-refractivity contribution in [1.82, 2.24) is 10.2 Å². The van der Waals surface area contributed by atoms with Gasteiger partial charge < -0.3 is 19.7 Å². The summed E-state index contributed by atoms with van der Waals surface area (Å²) in [5, 5.41) is 3.18. The molecule has 2 atom stereocenters. The minimum atomic E-state index is 0.0330. The first-order valence-corrected chi connectivity index (χ1v) is 8.43. The Kier molecular flexibility index (Phi) is 5.97. The second kappa shape index (κ2) is 7.74. The summed E-state index contributed by atoms with van der Waals surface area (Å²) in [6.07, 6.45) is 0.851. The van der Waals surface area contributed by atoms with E-state index in [1.807, 2.05) is 30.1 Å². The van der Waals surface area contributed by atoms with Crippen molar-refractivity contribution in [1.29, 1.82) is 0 Å². The summed E-state index contributed by atoms with van der Waals surface area (Å²) < 4.78 is 10.7. The zero-order valence-corrected chi connectivity index (χ0v) is 14.4. The molecule has 1 heterocycles. The van der Waals surface area contributed by atoms with Crippen molar-refractivity contribution >= 4 is 17.7 Å². The van der Waals surface area contributed by atoms with Gasteiger partial charge in [0.05, 0.1) is 19.5 Å². The second-order valence-corrected chi connectivity index (χ2v) is 6.42. The average Bonchev–Trinajstić information content (AvgIpc) is 2.88. The Labute approximate surface area is 136 Å². The molecule has 2 rings (SSSR count). The molecule has 22 heavy (non-hydrogen) atoms. The largest absolute Gasteiger partial charge is 0.493 e. The Bertz CT molecular complexity index is 524. The molecule has 1 amide bonds. The third-order valence-corrected chi connectivity index (χ3v) is 5.45. The van der Waals surface area contributed by atoms with Crippen LogP contribution in [0, 0.1) is 0 Å². The number of ether oxygens (including phenoxy) is 2. The highest BCUT2D eigenvalue weighted by Crippen LogP contribution is 2.45. The molecule has 6 heteroatoms. The number of amides is 1. The van der Waals surface area contributed by atoms with Gasteiger partial charge in [-0.15, -0.1) is 11.8 Å². The molecule has 0 radical (unpaired) electrons. The zero-order chi connectivity index (χ0) is 16.1. The van der Waals surface area contributed by atoms with Gasteiger partial charge in [-0.1, -0.05) is 13.0 Å². The molecule has 1 aliphatic rings. The SMILES string of the molecule is CC[C@H]1S[C@H](c2ccc(OC)c(OC)c2)N(CCNC)C1=O. The molecule has 1 N–H and O–H groups in total. The standard InChI is InChI=1S/C16H24N2O3S/c1-5-14-15(19)18(9-8-17-2)16(22-14)11-6-7-12(20-3)13(10-11)21-4/h6-7,10,14,16-17H,5,8-9H2,1-4H3/t14-,16-/m1/s1. The van der Waals surface area contributed by atoms with Crippen molar-refractivity contribution in [2.45, 2.75) is 24.0 Å². The number of nitrogens with zero attached hydrogens (tertiary/aromatic N) is 1. The summed E-state index contributed by atoms with van der Waals surface area (Å²) in [7, 11) is 5.15. The van der Waals surface area contributed by atoms with Crippen LogP contribution < -0.4 is 14.8 Å². The minimum Gasteiger partial charge on any atom is -0.493 e. The van der Waals surface area contributed by atoms with Gasteiger partial charge in [-0.2, -0.15) is 0 Å². The molecule has 1 saturated heterocycles. The van der Waals surface area contributed by atoms with E-state index in [0.717, 1.165) is 18.5 Å². The number of likely N-dealkylation sites (N-methyl/N-ethyl adjacent to an activating group) is 1. The lowest BCUT2D eigenvalue weighted by Crippen LogP contribution is -2.35. The normalized spacial score (nSPS) is 21.3. The Balaban J connectivity index is 2.29. The molecule has 0 spiro atoms. The lowest BCUT2D eigenvalue weighted by molar-refractivity contribution is -0.130. The van der Waals surface area contributed by atoms with Gasteiger partial charge in [0.2, 0.25) is 5.91 Å². The molecule has 122 valence electrons. The Morgan fingerprint density at radius 1 is 1.27 bits per heavy atom. The maximum atomic E-state index is 12.5. The molecule has 1 aromatic carbocycles. The molecule has 0 aromatic heterocycles. The minimum absolute atomic E-state index is 0.0330. The number of hydrogen-bond donors (Lipinski definition) is 1. The maximum Gasteiger partial charge on any atom is 0.236 e. The molecule has 0 aliphatic carbocycles. The van der Waals surface area contributed by atoms with E-state index in [9.17, 15) is 4.79 Å². The predicted molar refractivity (Wildman–Crippen MR) is 89.6 cm³/mol. The first kappa shape index (κ1) is 17.0. The monoisotopic (exact) mass is 324 g/mol. The Morgan fingerprint density at radius 2 is 2.00 bits per heavy atom. The van der Waals surface area contributed by atoms with Crippen LogP contribution >= 0.6 is 11.8 Å². The van der Waals surface area contributed by atoms with E-state index in [0.29, 0.717) is 18.0 Å². The lowest BCUT2D eigenvalue weighted by atomic mass is 10.1. The number of methoxy groups -OCH3 is 2. The first-order valence-electron chi connectivity index (χ1n) is 7.48. The van der Waals surface area contributed by atoms with Crippen molar-refractivity contribution in [3.05, 3.63) is 23.8 Å². The highest BCUT2D eigenvalue weighted by molar-refractivity contribution is 8.01. The molecule has 1 fully saturated rings. The van der Waals surface area contributed by atoms with Crippen molar-refractivity contribution in [3.63, 3.8) is 0 Å². The van der Waals surface area contributed by atoms with Crippen LogP contribution in [0.3, 0.4) is 0 Å². The summed E-state index contributed by atoms with van der Waals surface area (Å²) in [6, 6.07) is 5.87. The van der Waals surface area contributed by atoms with Crippen molar-refractivity contribution < 1.29 is 14.3 Å². The predicted octanol–water partition coefficient (Wildman–Crippen LogP) is 2.28. The van der Waals surface area contributed by atoms with Crippen LogP contribution in [0.15, 0.2) is 18.2 Å². The van der Waals surface area contributed by atoms with Gasteiger partial charge >= 0.3 is 0 Å². The first-order chi connectivity index (χ1) is 10.7. The Morgan fingerprint density at radius 3 is 2.59 bits per heavy atom. The van der Waals surface area contributed by atoms with Crippen LogP contribution in [0.4, 0.5) is 0 Å². The fraction of sp³-hybridized carbons (Fsp3) is 0.562. The molecule has 1 aliphatic heterocycles. The number of carbonyl (C=O) groups is 1. The van der Waals surface area contributed by atoms with Crippen LogP contribution in [0.1, 0.15) is 24.3 Å². The van der Waals surface area contributed by atoms with Gasteiger partial charge in [0.1, 0.15) is 5.37 Å². The summed E-state index contributed by atoms with van der Waals surface area (Å²) in [5.74, 6) is 1.62. The summed E-state index contributed by atoms with van der Waals surface area (Å²) in [5.41, 5.74) is 1.07. The maximum absolute atomic E-state index is 12.5. The molecule has 0 unspecified atom stereocenters. The molecule has 0 bridgehead atoms. The zero-order valence-electron chi connectivity index (χ0n) is 13.6. The van der Waals surface area contributed by atoms with Gasteiger partial charge in [0.25, 0.3) is 0 Å². The van der Waals surface area contributed by atoms with Gasteiger partial charge in [-0.3, -0.25) is 4.79 Å². The van der Waals surface area contributed by atoms with Crippen molar-refractivity contribution in [3.8, 4) is 11.5 Å².